The van der Waals surface area contributed by atoms with Crippen molar-refractivity contribution in [3.63, 3.8) is 0 Å². The molecule has 15 heavy (non-hydrogen) atoms. The maximum Gasteiger partial charge on any atom is 0.223 e. The molecule has 6 heteroatoms. The van der Waals surface area contributed by atoms with Crippen LogP contribution in [0.25, 0.3) is 10.2 Å². The zero-order chi connectivity index (χ0) is 10.8. The molecule has 4 N–H and O–H groups in total. The summed E-state index contributed by atoms with van der Waals surface area (Å²) < 4.78 is 0. The summed E-state index contributed by atoms with van der Waals surface area (Å²) in [5.41, 5.74) is 5.59. The number of hydrogen-bond donors (Lipinski definition) is 3. The van der Waals surface area contributed by atoms with Crippen molar-refractivity contribution in [1.82, 2.24) is 9.97 Å². The zero-order valence-corrected chi connectivity index (χ0v) is 9.14. The molecular formula is C9H12N4OS. The molecule has 2 rings (SSSR count). The number of anilines is 2. The van der Waals surface area contributed by atoms with Gasteiger partial charge in [-0.05, 0) is 13.0 Å². The molecule has 0 aliphatic rings. The van der Waals surface area contributed by atoms with Gasteiger partial charge in [-0.2, -0.15) is 4.98 Å². The quantitative estimate of drug-likeness (QED) is 0.724. The van der Waals surface area contributed by atoms with Crippen LogP contribution in [0.2, 0.25) is 0 Å². The average molecular weight is 224 g/mol. The van der Waals surface area contributed by atoms with Gasteiger partial charge in [0.25, 0.3) is 0 Å². The molecule has 0 saturated carbocycles. The Kier molecular flexibility index (Phi) is 2.70. The van der Waals surface area contributed by atoms with Gasteiger partial charge >= 0.3 is 0 Å². The number of rotatable bonds is 3. The summed E-state index contributed by atoms with van der Waals surface area (Å²) in [6, 6.07) is 2.01. The van der Waals surface area contributed by atoms with Gasteiger partial charge in [-0.1, -0.05) is 0 Å². The van der Waals surface area contributed by atoms with Crippen molar-refractivity contribution in [3.8, 4) is 0 Å². The summed E-state index contributed by atoms with van der Waals surface area (Å²) >= 11 is 1.58. The predicted molar refractivity (Wildman–Crippen MR) is 62.1 cm³/mol. The average Bonchev–Trinajstić information content (AvgIpc) is 2.54. The number of nitrogens with zero attached hydrogens (tertiary/aromatic N) is 2. The number of nitrogens with two attached hydrogens (primary N) is 1. The predicted octanol–water partition coefficient (Wildman–Crippen LogP) is 0.986. The number of hydrogen-bond acceptors (Lipinski definition) is 6. The van der Waals surface area contributed by atoms with Crippen molar-refractivity contribution in [3.05, 3.63) is 10.9 Å². The molecule has 0 fully saturated rings. The Morgan fingerprint density at radius 2 is 2.33 bits per heavy atom. The summed E-state index contributed by atoms with van der Waals surface area (Å²) in [5, 5.41) is 12.7. The van der Waals surface area contributed by atoms with Gasteiger partial charge in [0.15, 0.2) is 0 Å². The number of nitrogen functional groups attached to an aromatic ring is 1. The Morgan fingerprint density at radius 1 is 1.53 bits per heavy atom. The molecule has 2 aromatic heterocycles. The fraction of sp³-hybridized carbons (Fsp3) is 0.333. The third-order valence-corrected chi connectivity index (χ3v) is 2.88. The van der Waals surface area contributed by atoms with Crippen molar-refractivity contribution in [2.45, 2.75) is 6.92 Å². The SMILES string of the molecule is Cc1cc2c(NCCO)nc(N)nc2s1. The molecule has 2 aromatic rings. The van der Waals surface area contributed by atoms with E-state index in [2.05, 4.69) is 15.3 Å². The first kappa shape index (κ1) is 10.1. The van der Waals surface area contributed by atoms with Crippen LogP contribution in [-0.4, -0.2) is 28.2 Å². The largest absolute Gasteiger partial charge is 0.395 e. The second kappa shape index (κ2) is 4.00. The molecular weight excluding hydrogens is 212 g/mol. The summed E-state index contributed by atoms with van der Waals surface area (Å²) in [7, 11) is 0. The number of thiophene rings is 1. The van der Waals surface area contributed by atoms with Gasteiger partial charge in [-0.15, -0.1) is 11.3 Å². The van der Waals surface area contributed by atoms with Crippen molar-refractivity contribution in [2.75, 3.05) is 24.2 Å². The molecule has 0 radical (unpaired) electrons. The van der Waals surface area contributed by atoms with Gasteiger partial charge in [-0.25, -0.2) is 4.98 Å². The maximum absolute atomic E-state index is 8.74. The minimum atomic E-state index is 0.0640. The summed E-state index contributed by atoms with van der Waals surface area (Å²) in [6.45, 7) is 2.54. The van der Waals surface area contributed by atoms with Crippen molar-refractivity contribution in [1.29, 1.82) is 0 Å². The number of aromatic nitrogens is 2. The molecule has 2 heterocycles. The van der Waals surface area contributed by atoms with E-state index in [4.69, 9.17) is 10.8 Å². The lowest BCUT2D eigenvalue weighted by Gasteiger charge is -2.04. The maximum atomic E-state index is 8.74. The lowest BCUT2D eigenvalue weighted by Crippen LogP contribution is -2.08. The van der Waals surface area contributed by atoms with E-state index in [-0.39, 0.29) is 12.6 Å². The molecule has 0 amide bonds. The fourth-order valence-corrected chi connectivity index (χ4v) is 2.25. The number of nitrogens with one attached hydrogen (secondary N) is 1. The minimum Gasteiger partial charge on any atom is -0.395 e. The molecule has 80 valence electrons. The summed E-state index contributed by atoms with van der Waals surface area (Å²) in [6.07, 6.45) is 0. The molecule has 0 spiro atoms. The molecule has 5 nitrogen and oxygen atoms in total. The fourth-order valence-electron chi connectivity index (χ4n) is 1.37. The Bertz CT molecular complexity index is 482. The molecule has 0 aliphatic heterocycles. The minimum absolute atomic E-state index is 0.0640. The van der Waals surface area contributed by atoms with Crippen LogP contribution in [0.3, 0.4) is 0 Å². The van der Waals surface area contributed by atoms with E-state index < -0.39 is 0 Å². The monoisotopic (exact) mass is 224 g/mol. The molecule has 0 aromatic carbocycles. The van der Waals surface area contributed by atoms with Crippen LogP contribution in [0, 0.1) is 6.92 Å². The van der Waals surface area contributed by atoms with E-state index in [0.717, 1.165) is 15.1 Å². The number of fused-ring (bicyclic) bond motifs is 1. The van der Waals surface area contributed by atoms with E-state index in [1.165, 1.54) is 0 Å². The third kappa shape index (κ3) is 2.00. The number of aliphatic hydroxyl groups excluding tert-OH is 1. The Balaban J connectivity index is 2.50. The highest BCUT2D eigenvalue weighted by atomic mass is 32.1. The Labute approximate surface area is 91.0 Å². The van der Waals surface area contributed by atoms with Gasteiger partial charge < -0.3 is 16.2 Å². The molecule has 0 unspecified atom stereocenters. The van der Waals surface area contributed by atoms with E-state index in [1.54, 1.807) is 11.3 Å². The van der Waals surface area contributed by atoms with E-state index in [0.29, 0.717) is 12.4 Å². The lowest BCUT2D eigenvalue weighted by atomic mass is 10.3. The molecule has 0 aliphatic carbocycles. The standard InChI is InChI=1S/C9H12N4OS/c1-5-4-6-7(11-2-3-14)12-9(10)13-8(6)15-5/h4,14H,2-3H2,1H3,(H3,10,11,12,13). The van der Waals surface area contributed by atoms with Crippen molar-refractivity contribution >= 4 is 33.3 Å². The smallest absolute Gasteiger partial charge is 0.223 e. The second-order valence-electron chi connectivity index (χ2n) is 3.16. The van der Waals surface area contributed by atoms with Gasteiger partial charge in [0.1, 0.15) is 10.6 Å². The van der Waals surface area contributed by atoms with Crippen LogP contribution in [0.5, 0.6) is 0 Å². The first-order valence-electron chi connectivity index (χ1n) is 4.59. The molecule has 0 atom stereocenters. The van der Waals surface area contributed by atoms with Gasteiger partial charge in [0.05, 0.1) is 12.0 Å². The first-order chi connectivity index (χ1) is 7.20. The highest BCUT2D eigenvalue weighted by Crippen LogP contribution is 2.28. The van der Waals surface area contributed by atoms with Crippen LogP contribution in [0.15, 0.2) is 6.07 Å². The normalized spacial score (nSPS) is 10.8. The summed E-state index contributed by atoms with van der Waals surface area (Å²) in [4.78, 5) is 10.3. The lowest BCUT2D eigenvalue weighted by molar-refractivity contribution is 0.311. The van der Waals surface area contributed by atoms with Crippen LogP contribution in [-0.2, 0) is 0 Å². The highest BCUT2D eigenvalue weighted by molar-refractivity contribution is 7.18. The van der Waals surface area contributed by atoms with Crippen molar-refractivity contribution in [2.24, 2.45) is 0 Å². The Morgan fingerprint density at radius 3 is 3.07 bits per heavy atom. The van der Waals surface area contributed by atoms with E-state index in [9.17, 15) is 0 Å². The van der Waals surface area contributed by atoms with Crippen LogP contribution in [0.4, 0.5) is 11.8 Å². The van der Waals surface area contributed by atoms with Gasteiger partial charge in [0, 0.05) is 11.4 Å². The Hall–Kier alpha value is -1.40. The molecule has 0 bridgehead atoms. The van der Waals surface area contributed by atoms with E-state index in [1.807, 2.05) is 13.0 Å². The van der Waals surface area contributed by atoms with Gasteiger partial charge in [0.2, 0.25) is 5.95 Å². The van der Waals surface area contributed by atoms with Gasteiger partial charge in [-0.3, -0.25) is 0 Å². The van der Waals surface area contributed by atoms with Crippen molar-refractivity contribution < 1.29 is 5.11 Å². The topological polar surface area (TPSA) is 84.1 Å². The third-order valence-electron chi connectivity index (χ3n) is 1.94. The van der Waals surface area contributed by atoms with Crippen LogP contribution < -0.4 is 11.1 Å². The number of aliphatic hydroxyl groups is 1. The first-order valence-corrected chi connectivity index (χ1v) is 5.40. The number of aryl methyl sites for hydroxylation is 1. The zero-order valence-electron chi connectivity index (χ0n) is 8.32. The highest BCUT2D eigenvalue weighted by Gasteiger charge is 2.08. The second-order valence-corrected chi connectivity index (χ2v) is 4.39. The van der Waals surface area contributed by atoms with Crippen LogP contribution >= 0.6 is 11.3 Å². The van der Waals surface area contributed by atoms with E-state index >= 15 is 0 Å². The summed E-state index contributed by atoms with van der Waals surface area (Å²) in [5.74, 6) is 0.945. The van der Waals surface area contributed by atoms with Crippen LogP contribution in [0.1, 0.15) is 4.88 Å². The molecule has 0 saturated heterocycles.